The molecule has 3 rings (SSSR count). The number of methoxy groups -OCH3 is 1. The fraction of sp³-hybridized carbons (Fsp3) is 0.105. The lowest BCUT2D eigenvalue weighted by molar-refractivity contribution is 0.0596. The summed E-state index contributed by atoms with van der Waals surface area (Å²) in [4.78, 5) is 31.3. The van der Waals surface area contributed by atoms with Gasteiger partial charge in [0.25, 0.3) is 5.91 Å². The van der Waals surface area contributed by atoms with E-state index in [4.69, 9.17) is 9.47 Å². The quantitative estimate of drug-likeness (QED) is 0.686. The van der Waals surface area contributed by atoms with Gasteiger partial charge in [-0.05, 0) is 31.2 Å². The number of ether oxygens (including phenoxy) is 2. The topological polar surface area (TPSA) is 93.3 Å². The van der Waals surface area contributed by atoms with E-state index in [2.05, 4.69) is 15.3 Å². The molecule has 26 heavy (non-hydrogen) atoms. The number of aromatic amines is 1. The van der Waals surface area contributed by atoms with E-state index in [9.17, 15) is 9.59 Å². The Bertz CT molecular complexity index is 935. The van der Waals surface area contributed by atoms with Gasteiger partial charge in [-0.2, -0.15) is 0 Å². The van der Waals surface area contributed by atoms with Crippen LogP contribution in [0.2, 0.25) is 0 Å². The lowest BCUT2D eigenvalue weighted by Crippen LogP contribution is -2.15. The zero-order chi connectivity index (χ0) is 18.5. The predicted octanol–water partition coefficient (Wildman–Crippen LogP) is 3.55. The summed E-state index contributed by atoms with van der Waals surface area (Å²) in [5, 5.41) is 2.70. The third-order valence-corrected chi connectivity index (χ3v) is 3.55. The first-order valence-electron chi connectivity index (χ1n) is 7.85. The van der Waals surface area contributed by atoms with Gasteiger partial charge >= 0.3 is 5.97 Å². The van der Waals surface area contributed by atoms with Crippen molar-refractivity contribution in [3.8, 4) is 11.6 Å². The molecule has 7 nitrogen and oxygen atoms in total. The molecule has 1 aromatic carbocycles. The molecule has 2 aromatic heterocycles. The molecule has 132 valence electrons. The number of rotatable bonds is 5. The highest BCUT2D eigenvalue weighted by molar-refractivity contribution is 6.07. The first-order valence-corrected chi connectivity index (χ1v) is 7.85. The highest BCUT2D eigenvalue weighted by Crippen LogP contribution is 2.22. The Kier molecular flexibility index (Phi) is 4.98. The van der Waals surface area contributed by atoms with E-state index >= 15 is 0 Å². The maximum Gasteiger partial charge on any atom is 0.356 e. The fourth-order valence-corrected chi connectivity index (χ4v) is 2.36. The molecule has 3 aromatic rings. The number of H-pyrrole nitrogens is 1. The van der Waals surface area contributed by atoms with E-state index in [1.54, 1.807) is 31.2 Å². The Morgan fingerprint density at radius 3 is 2.62 bits per heavy atom. The summed E-state index contributed by atoms with van der Waals surface area (Å²) in [6.07, 6.45) is 1.48. The number of benzene rings is 1. The average Bonchev–Trinajstić information content (AvgIpc) is 3.02. The fourth-order valence-electron chi connectivity index (χ4n) is 2.36. The number of carbonyl (C=O) groups excluding carboxylic acids is 2. The molecule has 0 aliphatic heterocycles. The van der Waals surface area contributed by atoms with Gasteiger partial charge in [-0.3, -0.25) is 4.79 Å². The van der Waals surface area contributed by atoms with Crippen LogP contribution >= 0.6 is 0 Å². The predicted molar refractivity (Wildman–Crippen MR) is 95.6 cm³/mol. The van der Waals surface area contributed by atoms with E-state index in [1.165, 1.54) is 19.4 Å². The number of anilines is 1. The number of amides is 1. The molecule has 0 unspecified atom stereocenters. The van der Waals surface area contributed by atoms with Crippen LogP contribution in [0.1, 0.15) is 26.5 Å². The minimum Gasteiger partial charge on any atom is -0.464 e. The van der Waals surface area contributed by atoms with E-state index < -0.39 is 11.9 Å². The second-order valence-electron chi connectivity index (χ2n) is 5.48. The van der Waals surface area contributed by atoms with Crippen LogP contribution in [0.4, 0.5) is 5.69 Å². The van der Waals surface area contributed by atoms with E-state index in [0.717, 1.165) is 5.69 Å². The SMILES string of the molecule is COC(=O)c1[nH]c(C)cc1NC(=O)c1ccnc(Oc2ccccc2)c1. The molecule has 7 heteroatoms. The van der Waals surface area contributed by atoms with Crippen LogP contribution < -0.4 is 10.1 Å². The molecular formula is C19H17N3O4. The second-order valence-corrected chi connectivity index (χ2v) is 5.48. The number of esters is 1. The van der Waals surface area contributed by atoms with Crippen molar-refractivity contribution in [3.63, 3.8) is 0 Å². The molecule has 0 spiro atoms. The zero-order valence-electron chi connectivity index (χ0n) is 14.3. The maximum absolute atomic E-state index is 12.5. The third kappa shape index (κ3) is 3.89. The molecule has 0 saturated carbocycles. The summed E-state index contributed by atoms with van der Waals surface area (Å²) >= 11 is 0. The van der Waals surface area contributed by atoms with Gasteiger partial charge in [0.2, 0.25) is 5.88 Å². The van der Waals surface area contributed by atoms with Gasteiger partial charge in [-0.25, -0.2) is 9.78 Å². The Morgan fingerprint density at radius 2 is 1.88 bits per heavy atom. The molecule has 0 saturated heterocycles. The van der Waals surface area contributed by atoms with Crippen molar-refractivity contribution in [1.29, 1.82) is 0 Å². The van der Waals surface area contributed by atoms with Crippen molar-refractivity contribution in [2.75, 3.05) is 12.4 Å². The Labute approximate surface area is 150 Å². The Hall–Kier alpha value is -3.61. The molecule has 1 amide bonds. The maximum atomic E-state index is 12.5. The Balaban J connectivity index is 1.79. The minimum atomic E-state index is -0.559. The van der Waals surface area contributed by atoms with Crippen LogP contribution in [-0.4, -0.2) is 29.0 Å². The number of hydrogen-bond donors (Lipinski definition) is 2. The van der Waals surface area contributed by atoms with Gasteiger partial charge in [-0.1, -0.05) is 18.2 Å². The standard InChI is InChI=1S/C19H17N3O4/c1-12-10-15(17(21-12)19(24)25-2)22-18(23)13-8-9-20-16(11-13)26-14-6-4-3-5-7-14/h3-11,21H,1-2H3,(H,22,23). The van der Waals surface area contributed by atoms with Gasteiger partial charge in [-0.15, -0.1) is 0 Å². The molecule has 0 aliphatic carbocycles. The number of nitrogens with one attached hydrogen (secondary N) is 2. The normalized spacial score (nSPS) is 10.2. The molecule has 2 N–H and O–H groups in total. The first-order chi connectivity index (χ1) is 12.6. The van der Waals surface area contributed by atoms with Gasteiger partial charge in [0.05, 0.1) is 12.8 Å². The van der Waals surface area contributed by atoms with Crippen LogP contribution in [0, 0.1) is 6.92 Å². The summed E-state index contributed by atoms with van der Waals surface area (Å²) in [7, 11) is 1.28. The van der Waals surface area contributed by atoms with Gasteiger partial charge in [0, 0.05) is 23.5 Å². The van der Waals surface area contributed by atoms with Gasteiger partial charge in [0.1, 0.15) is 11.4 Å². The molecule has 0 radical (unpaired) electrons. The van der Waals surface area contributed by atoms with Crippen LogP contribution in [0.5, 0.6) is 11.6 Å². The number of hydrogen-bond acceptors (Lipinski definition) is 5. The largest absolute Gasteiger partial charge is 0.464 e. The number of carbonyl (C=O) groups is 2. The summed E-state index contributed by atoms with van der Waals surface area (Å²) in [5.74, 6) is -0.0419. The van der Waals surface area contributed by atoms with Crippen LogP contribution in [0.25, 0.3) is 0 Å². The lowest BCUT2D eigenvalue weighted by atomic mass is 10.2. The molecule has 0 atom stereocenters. The first kappa shape index (κ1) is 17.2. The number of aromatic nitrogens is 2. The minimum absolute atomic E-state index is 0.188. The van der Waals surface area contributed by atoms with Crippen molar-refractivity contribution in [2.24, 2.45) is 0 Å². The third-order valence-electron chi connectivity index (χ3n) is 3.55. The van der Waals surface area contributed by atoms with Crippen LogP contribution in [0.15, 0.2) is 54.7 Å². The highest BCUT2D eigenvalue weighted by atomic mass is 16.5. The lowest BCUT2D eigenvalue weighted by Gasteiger charge is -2.08. The smallest absolute Gasteiger partial charge is 0.356 e. The molecule has 0 aliphatic rings. The summed E-state index contributed by atoms with van der Waals surface area (Å²) < 4.78 is 10.3. The van der Waals surface area contributed by atoms with Crippen molar-refractivity contribution >= 4 is 17.6 Å². The Morgan fingerprint density at radius 1 is 1.12 bits per heavy atom. The number of nitrogens with zero attached hydrogens (tertiary/aromatic N) is 1. The molecule has 0 bridgehead atoms. The van der Waals surface area contributed by atoms with Crippen molar-refractivity contribution in [2.45, 2.75) is 6.92 Å². The average molecular weight is 351 g/mol. The van der Waals surface area contributed by atoms with E-state index in [0.29, 0.717) is 22.9 Å². The number of para-hydroxylation sites is 1. The summed E-state index contributed by atoms with van der Waals surface area (Å²) in [6.45, 7) is 1.78. The van der Waals surface area contributed by atoms with Crippen molar-refractivity contribution in [1.82, 2.24) is 9.97 Å². The molecule has 2 heterocycles. The van der Waals surface area contributed by atoms with Gasteiger partial charge in [0.15, 0.2) is 0 Å². The molecular weight excluding hydrogens is 334 g/mol. The molecule has 0 fully saturated rings. The summed E-state index contributed by atoms with van der Waals surface area (Å²) in [5.41, 5.74) is 1.61. The van der Waals surface area contributed by atoms with Crippen LogP contribution in [0.3, 0.4) is 0 Å². The number of pyridine rings is 1. The second kappa shape index (κ2) is 7.52. The van der Waals surface area contributed by atoms with Gasteiger partial charge < -0.3 is 19.8 Å². The van der Waals surface area contributed by atoms with E-state index in [-0.39, 0.29) is 5.69 Å². The van der Waals surface area contributed by atoms with Crippen molar-refractivity contribution < 1.29 is 19.1 Å². The van der Waals surface area contributed by atoms with Crippen LogP contribution in [-0.2, 0) is 4.74 Å². The van der Waals surface area contributed by atoms with E-state index in [1.807, 2.05) is 18.2 Å². The summed E-state index contributed by atoms with van der Waals surface area (Å²) in [6, 6.07) is 13.9. The monoisotopic (exact) mass is 351 g/mol. The van der Waals surface area contributed by atoms with Crippen molar-refractivity contribution in [3.05, 3.63) is 71.7 Å². The zero-order valence-corrected chi connectivity index (χ0v) is 14.3. The highest BCUT2D eigenvalue weighted by Gasteiger charge is 2.18. The number of aryl methyl sites for hydroxylation is 1.